The highest BCUT2D eigenvalue weighted by Gasteiger charge is 2.36. The lowest BCUT2D eigenvalue weighted by Crippen LogP contribution is -2.31. The Morgan fingerprint density at radius 1 is 1.69 bits per heavy atom. The van der Waals surface area contributed by atoms with Gasteiger partial charge in [0.2, 0.25) is 0 Å². The molecule has 72 valence electrons. The summed E-state index contributed by atoms with van der Waals surface area (Å²) in [4.78, 5) is 27.0. The zero-order valence-electron chi connectivity index (χ0n) is 6.99. The molecule has 0 unspecified atom stereocenters. The molecule has 1 heterocycles. The molecule has 3 amide bonds. The van der Waals surface area contributed by atoms with E-state index in [0.717, 1.165) is 0 Å². The Bertz CT molecular complexity index is 254. The van der Waals surface area contributed by atoms with Crippen LogP contribution >= 0.6 is 11.6 Å². The third kappa shape index (κ3) is 2.19. The highest BCUT2D eigenvalue weighted by molar-refractivity contribution is 6.25. The van der Waals surface area contributed by atoms with E-state index in [1.807, 2.05) is 0 Å². The summed E-state index contributed by atoms with van der Waals surface area (Å²) in [5, 5.41) is 3.09. The van der Waals surface area contributed by atoms with Gasteiger partial charge < -0.3 is 5.32 Å². The zero-order valence-corrected chi connectivity index (χ0v) is 7.75. The summed E-state index contributed by atoms with van der Waals surface area (Å²) in [5.41, 5.74) is 1.25. The van der Waals surface area contributed by atoms with E-state index in [2.05, 4.69) is 5.32 Å². The van der Waals surface area contributed by atoms with E-state index >= 15 is 0 Å². The molecule has 0 spiro atoms. The van der Waals surface area contributed by atoms with Crippen LogP contribution in [0.2, 0.25) is 0 Å². The van der Waals surface area contributed by atoms with Crippen LogP contribution in [-0.4, -0.2) is 29.7 Å². The van der Waals surface area contributed by atoms with E-state index < -0.39 is 18.0 Å². The van der Waals surface area contributed by atoms with Crippen LogP contribution in [0.1, 0.15) is 6.92 Å². The number of hydrogen-bond donors (Lipinski definition) is 1. The van der Waals surface area contributed by atoms with Crippen molar-refractivity contribution in [2.45, 2.75) is 13.0 Å². The maximum atomic E-state index is 11.2. The van der Waals surface area contributed by atoms with Crippen LogP contribution in [0.3, 0.4) is 0 Å². The molecule has 0 aromatic heterocycles. The maximum Gasteiger partial charge on any atom is 0.349 e. The normalized spacial score (nSPS) is 22.9. The molecule has 1 N–H and O–H groups in total. The first kappa shape index (κ1) is 10.0. The van der Waals surface area contributed by atoms with Gasteiger partial charge in [-0.2, -0.15) is 0 Å². The van der Waals surface area contributed by atoms with Crippen molar-refractivity contribution >= 4 is 23.5 Å². The molecule has 5 nitrogen and oxygen atoms in total. The van der Waals surface area contributed by atoms with Crippen molar-refractivity contribution in [1.82, 2.24) is 10.4 Å². The van der Waals surface area contributed by atoms with Gasteiger partial charge in [0, 0.05) is 5.54 Å². The Hall–Kier alpha value is -1.07. The van der Waals surface area contributed by atoms with Gasteiger partial charge in [0.15, 0.2) is 0 Å². The van der Waals surface area contributed by atoms with Gasteiger partial charge in [0.1, 0.15) is 6.04 Å². The number of amides is 3. The van der Waals surface area contributed by atoms with Gasteiger partial charge in [-0.05, 0) is 13.0 Å². The van der Waals surface area contributed by atoms with Crippen molar-refractivity contribution in [3.05, 3.63) is 11.6 Å². The first-order chi connectivity index (χ1) is 6.16. The highest BCUT2D eigenvalue weighted by Crippen LogP contribution is 2.05. The average molecular weight is 205 g/mol. The van der Waals surface area contributed by atoms with Crippen LogP contribution in [0.15, 0.2) is 11.6 Å². The number of carbonyl (C=O) groups is 2. The summed E-state index contributed by atoms with van der Waals surface area (Å²) >= 11 is 5.22. The fourth-order valence-corrected chi connectivity index (χ4v) is 0.930. The Labute approximate surface area is 80.2 Å². The third-order valence-electron chi connectivity index (χ3n) is 1.48. The van der Waals surface area contributed by atoms with E-state index in [4.69, 9.17) is 16.4 Å². The van der Waals surface area contributed by atoms with Crippen molar-refractivity contribution in [3.8, 4) is 0 Å². The molecular formula is C7H9ClN2O3. The van der Waals surface area contributed by atoms with Gasteiger partial charge in [-0.15, -0.1) is 5.06 Å². The van der Waals surface area contributed by atoms with Crippen LogP contribution < -0.4 is 5.32 Å². The Balaban J connectivity index is 2.49. The van der Waals surface area contributed by atoms with Gasteiger partial charge in [-0.3, -0.25) is 9.63 Å². The van der Waals surface area contributed by atoms with Gasteiger partial charge >= 0.3 is 6.03 Å². The molecule has 0 bridgehead atoms. The molecule has 6 heteroatoms. The lowest BCUT2D eigenvalue weighted by molar-refractivity contribution is -0.160. The van der Waals surface area contributed by atoms with Gasteiger partial charge in [0.05, 0.1) is 6.61 Å². The lowest BCUT2D eigenvalue weighted by Gasteiger charge is -2.09. The highest BCUT2D eigenvalue weighted by atomic mass is 35.5. The van der Waals surface area contributed by atoms with Crippen LogP contribution in [0.25, 0.3) is 0 Å². The van der Waals surface area contributed by atoms with Gasteiger partial charge in [-0.1, -0.05) is 11.6 Å². The van der Waals surface area contributed by atoms with E-state index in [1.165, 1.54) is 11.6 Å². The van der Waals surface area contributed by atoms with Crippen LogP contribution in [0.5, 0.6) is 0 Å². The largest absolute Gasteiger partial charge is 0.349 e. The van der Waals surface area contributed by atoms with E-state index in [-0.39, 0.29) is 6.61 Å². The summed E-state index contributed by atoms with van der Waals surface area (Å²) in [5.74, 6) is -0.395. The molecule has 0 aromatic rings. The molecular weight excluding hydrogens is 196 g/mol. The number of carbonyl (C=O) groups excluding carboxylic acids is 2. The van der Waals surface area contributed by atoms with Crippen molar-refractivity contribution in [1.29, 1.82) is 0 Å². The fraction of sp³-hybridized carbons (Fsp3) is 0.429. The smallest absolute Gasteiger partial charge is 0.324 e. The van der Waals surface area contributed by atoms with Crippen molar-refractivity contribution in [2.24, 2.45) is 0 Å². The Morgan fingerprint density at radius 3 is 2.85 bits per heavy atom. The number of halogens is 1. The van der Waals surface area contributed by atoms with Gasteiger partial charge in [0.25, 0.3) is 5.91 Å². The topological polar surface area (TPSA) is 58.6 Å². The second kappa shape index (κ2) is 4.25. The molecule has 1 rings (SSSR count). The molecule has 0 radical (unpaired) electrons. The Kier molecular flexibility index (Phi) is 3.27. The number of hydrogen-bond acceptors (Lipinski definition) is 3. The zero-order chi connectivity index (χ0) is 9.84. The monoisotopic (exact) mass is 204 g/mol. The van der Waals surface area contributed by atoms with E-state index in [9.17, 15) is 9.59 Å². The molecule has 1 atom stereocenters. The summed E-state index contributed by atoms with van der Waals surface area (Å²) in [6.45, 7) is 1.68. The van der Waals surface area contributed by atoms with E-state index in [1.54, 1.807) is 6.92 Å². The second-order valence-corrected chi connectivity index (χ2v) is 2.71. The maximum absolute atomic E-state index is 11.2. The number of hydroxylamine groups is 2. The molecule has 0 aromatic carbocycles. The Morgan fingerprint density at radius 2 is 2.38 bits per heavy atom. The summed E-state index contributed by atoms with van der Waals surface area (Å²) < 4.78 is 0. The first-order valence-corrected chi connectivity index (χ1v) is 4.13. The molecule has 0 saturated carbocycles. The average Bonchev–Trinajstić information content (AvgIpc) is 2.32. The minimum absolute atomic E-state index is 0.0926. The van der Waals surface area contributed by atoms with Crippen molar-refractivity contribution < 1.29 is 14.4 Å². The van der Waals surface area contributed by atoms with Crippen LogP contribution in [0, 0.1) is 0 Å². The molecule has 13 heavy (non-hydrogen) atoms. The SMILES string of the molecule is C[C@H]1NC(=O)N(OC/C=C/Cl)C1=O. The second-order valence-electron chi connectivity index (χ2n) is 2.46. The number of nitrogens with zero attached hydrogens (tertiary/aromatic N) is 1. The molecule has 1 saturated heterocycles. The predicted molar refractivity (Wildman–Crippen MR) is 45.8 cm³/mol. The predicted octanol–water partition coefficient (Wildman–Crippen LogP) is 0.611. The summed E-state index contributed by atoms with van der Waals surface area (Å²) in [6, 6.07) is -1.06. The standard InChI is InChI=1S/C7H9ClN2O3/c1-5-6(11)10(7(12)9-5)13-4-2-3-8/h2-3,5H,4H2,1H3,(H,9,12)/b3-2+/t5-/m1/s1. The fourth-order valence-electron chi connectivity index (χ4n) is 0.858. The van der Waals surface area contributed by atoms with Crippen LogP contribution in [0.4, 0.5) is 4.79 Å². The molecule has 1 aliphatic heterocycles. The van der Waals surface area contributed by atoms with Crippen LogP contribution in [-0.2, 0) is 9.63 Å². The minimum atomic E-state index is -0.541. The number of rotatable bonds is 3. The van der Waals surface area contributed by atoms with Gasteiger partial charge in [-0.25, -0.2) is 4.79 Å². The van der Waals surface area contributed by atoms with Crippen molar-refractivity contribution in [3.63, 3.8) is 0 Å². The lowest BCUT2D eigenvalue weighted by atomic mass is 10.4. The number of nitrogens with one attached hydrogen (secondary N) is 1. The van der Waals surface area contributed by atoms with Crippen molar-refractivity contribution in [2.75, 3.05) is 6.61 Å². The summed E-state index contributed by atoms with van der Waals surface area (Å²) in [6.07, 6.45) is 1.48. The third-order valence-corrected chi connectivity index (χ3v) is 1.66. The first-order valence-electron chi connectivity index (χ1n) is 3.69. The van der Waals surface area contributed by atoms with E-state index in [0.29, 0.717) is 5.06 Å². The number of urea groups is 1. The molecule has 1 fully saturated rings. The molecule has 1 aliphatic rings. The number of imide groups is 1. The summed E-state index contributed by atoms with van der Waals surface area (Å²) in [7, 11) is 0. The quantitative estimate of drug-likeness (QED) is 0.686. The minimum Gasteiger partial charge on any atom is -0.324 e. The molecule has 0 aliphatic carbocycles.